The number of fused-ring (bicyclic) bond motifs is 4. The van der Waals surface area contributed by atoms with Crippen molar-refractivity contribution in [2.75, 3.05) is 0 Å². The number of rotatable bonds is 3. The fraction of sp³-hybridized carbons (Fsp3) is 0. The second kappa shape index (κ2) is 9.50. The molecule has 2 heteroatoms. The molecule has 0 radical (unpaired) electrons. The molecule has 2 N–H and O–H groups in total. The SMILES string of the molecule is Oc1c(-c2ccc3cc(-c4cccc5ccccc45)ccc3c2O)ccc2cc(-c3cccc4ccccc34)ccc12. The molecule has 0 saturated carbocycles. The lowest BCUT2D eigenvalue weighted by molar-refractivity contribution is 0.475. The fourth-order valence-electron chi connectivity index (χ4n) is 6.35. The highest BCUT2D eigenvalue weighted by Gasteiger charge is 2.16. The van der Waals surface area contributed by atoms with Gasteiger partial charge in [-0.3, -0.25) is 0 Å². The average molecular weight is 539 g/mol. The lowest BCUT2D eigenvalue weighted by Crippen LogP contribution is -1.87. The summed E-state index contributed by atoms with van der Waals surface area (Å²) in [5, 5.41) is 31.0. The van der Waals surface area contributed by atoms with Crippen molar-refractivity contribution in [3.05, 3.63) is 146 Å². The maximum Gasteiger partial charge on any atom is 0.131 e. The van der Waals surface area contributed by atoms with E-state index in [1.54, 1.807) is 0 Å². The normalized spacial score (nSPS) is 11.5. The van der Waals surface area contributed by atoms with Crippen LogP contribution in [0.1, 0.15) is 0 Å². The van der Waals surface area contributed by atoms with Crippen LogP contribution in [0.25, 0.3) is 76.5 Å². The number of hydrogen-bond donors (Lipinski definition) is 2. The fourth-order valence-corrected chi connectivity index (χ4v) is 6.35. The van der Waals surface area contributed by atoms with Crippen molar-refractivity contribution in [3.8, 4) is 44.9 Å². The van der Waals surface area contributed by atoms with Crippen molar-refractivity contribution in [2.24, 2.45) is 0 Å². The minimum atomic E-state index is 0.166. The van der Waals surface area contributed by atoms with E-state index in [9.17, 15) is 10.2 Å². The number of hydrogen-bond acceptors (Lipinski definition) is 2. The van der Waals surface area contributed by atoms with Gasteiger partial charge in [-0.1, -0.05) is 121 Å². The van der Waals surface area contributed by atoms with Crippen LogP contribution >= 0.6 is 0 Å². The van der Waals surface area contributed by atoms with Crippen LogP contribution in [-0.4, -0.2) is 10.2 Å². The van der Waals surface area contributed by atoms with Gasteiger partial charge in [0.15, 0.2) is 0 Å². The number of benzene rings is 8. The highest BCUT2D eigenvalue weighted by molar-refractivity contribution is 6.05. The molecule has 0 spiro atoms. The first-order valence-electron chi connectivity index (χ1n) is 14.1. The third-order valence-electron chi connectivity index (χ3n) is 8.47. The number of aromatic hydroxyl groups is 2. The smallest absolute Gasteiger partial charge is 0.131 e. The molecule has 0 fully saturated rings. The Morgan fingerprint density at radius 3 is 1.19 bits per heavy atom. The molecule has 8 rings (SSSR count). The maximum atomic E-state index is 11.4. The van der Waals surface area contributed by atoms with Gasteiger partial charge in [-0.25, -0.2) is 0 Å². The highest BCUT2D eigenvalue weighted by atomic mass is 16.3. The van der Waals surface area contributed by atoms with Crippen molar-refractivity contribution < 1.29 is 10.2 Å². The zero-order chi connectivity index (χ0) is 28.2. The van der Waals surface area contributed by atoms with Gasteiger partial charge in [0, 0.05) is 21.9 Å². The molecule has 8 aromatic carbocycles. The van der Waals surface area contributed by atoms with Gasteiger partial charge in [0.2, 0.25) is 0 Å². The molecule has 0 aromatic heterocycles. The molecule has 8 aromatic rings. The molecule has 42 heavy (non-hydrogen) atoms. The molecule has 0 aliphatic carbocycles. The van der Waals surface area contributed by atoms with E-state index in [2.05, 4.69) is 109 Å². The van der Waals surface area contributed by atoms with E-state index in [1.807, 2.05) is 36.4 Å². The summed E-state index contributed by atoms with van der Waals surface area (Å²) in [7, 11) is 0. The predicted octanol–water partition coefficient (Wildman–Crippen LogP) is 10.7. The molecular weight excluding hydrogens is 512 g/mol. The quantitative estimate of drug-likeness (QED) is 0.235. The molecule has 198 valence electrons. The summed E-state index contributed by atoms with van der Waals surface area (Å²) in [4.78, 5) is 0. The van der Waals surface area contributed by atoms with E-state index in [0.29, 0.717) is 11.1 Å². The summed E-state index contributed by atoms with van der Waals surface area (Å²) in [6.45, 7) is 0. The Hall–Kier alpha value is -5.60. The molecule has 0 saturated heterocycles. The van der Waals surface area contributed by atoms with Crippen LogP contribution in [0.15, 0.2) is 146 Å². The Balaban J connectivity index is 1.21. The van der Waals surface area contributed by atoms with E-state index in [4.69, 9.17) is 0 Å². The first-order valence-corrected chi connectivity index (χ1v) is 14.1. The third-order valence-corrected chi connectivity index (χ3v) is 8.47. The molecule has 0 aliphatic rings. The monoisotopic (exact) mass is 538 g/mol. The summed E-state index contributed by atoms with van der Waals surface area (Å²) in [5.74, 6) is 0.331. The van der Waals surface area contributed by atoms with E-state index >= 15 is 0 Å². The topological polar surface area (TPSA) is 40.5 Å². The predicted molar refractivity (Wildman–Crippen MR) is 176 cm³/mol. The van der Waals surface area contributed by atoms with Crippen molar-refractivity contribution >= 4 is 43.1 Å². The molecule has 0 unspecified atom stereocenters. The van der Waals surface area contributed by atoms with Gasteiger partial charge in [-0.05, 0) is 78.8 Å². The molecular formula is C40H26O2. The Morgan fingerprint density at radius 1 is 0.286 bits per heavy atom. The van der Waals surface area contributed by atoms with Gasteiger partial charge in [-0.2, -0.15) is 0 Å². The largest absolute Gasteiger partial charge is 0.507 e. The molecule has 2 nitrogen and oxygen atoms in total. The molecule has 0 aliphatic heterocycles. The summed E-state index contributed by atoms with van der Waals surface area (Å²) < 4.78 is 0. The van der Waals surface area contributed by atoms with Gasteiger partial charge in [0.1, 0.15) is 11.5 Å². The first-order chi connectivity index (χ1) is 20.7. The summed E-state index contributed by atoms with van der Waals surface area (Å²) >= 11 is 0. The van der Waals surface area contributed by atoms with E-state index in [0.717, 1.165) is 43.8 Å². The van der Waals surface area contributed by atoms with Crippen LogP contribution in [-0.2, 0) is 0 Å². The summed E-state index contributed by atoms with van der Waals surface area (Å²) in [6.07, 6.45) is 0. The van der Waals surface area contributed by atoms with E-state index in [1.165, 1.54) is 21.5 Å². The van der Waals surface area contributed by atoms with Crippen LogP contribution in [0.3, 0.4) is 0 Å². The molecule has 0 heterocycles. The Morgan fingerprint density at radius 2 is 0.714 bits per heavy atom. The maximum absolute atomic E-state index is 11.4. The first kappa shape index (κ1) is 24.2. The zero-order valence-corrected chi connectivity index (χ0v) is 22.8. The van der Waals surface area contributed by atoms with Crippen molar-refractivity contribution in [1.82, 2.24) is 0 Å². The van der Waals surface area contributed by atoms with Gasteiger partial charge in [0.25, 0.3) is 0 Å². The van der Waals surface area contributed by atoms with E-state index < -0.39 is 0 Å². The van der Waals surface area contributed by atoms with Crippen LogP contribution in [0.2, 0.25) is 0 Å². The minimum absolute atomic E-state index is 0.166. The lowest BCUT2D eigenvalue weighted by atomic mass is 9.92. The summed E-state index contributed by atoms with van der Waals surface area (Å²) in [5.41, 5.74) is 5.74. The lowest BCUT2D eigenvalue weighted by Gasteiger charge is -2.14. The zero-order valence-electron chi connectivity index (χ0n) is 22.8. The van der Waals surface area contributed by atoms with Gasteiger partial charge < -0.3 is 10.2 Å². The van der Waals surface area contributed by atoms with Crippen molar-refractivity contribution in [1.29, 1.82) is 0 Å². The molecule has 0 bridgehead atoms. The Labute approximate surface area is 243 Å². The van der Waals surface area contributed by atoms with Gasteiger partial charge in [-0.15, -0.1) is 0 Å². The minimum Gasteiger partial charge on any atom is -0.507 e. The molecule has 0 atom stereocenters. The standard InChI is InChI=1S/C40H26O2/c41-39-35-19-15-27(33-13-5-9-25-7-1-3-11-31(25)33)23-29(35)17-21-37(39)38-22-18-30-24-28(16-20-36(30)40(38)42)34-14-6-10-26-8-2-4-12-32(26)34/h1-24,41-42H. The second-order valence-electron chi connectivity index (χ2n) is 10.8. The number of phenolic OH excluding ortho intramolecular Hbond substituents is 2. The van der Waals surface area contributed by atoms with Gasteiger partial charge >= 0.3 is 0 Å². The van der Waals surface area contributed by atoms with Crippen molar-refractivity contribution in [3.63, 3.8) is 0 Å². The van der Waals surface area contributed by atoms with Crippen LogP contribution in [0.4, 0.5) is 0 Å². The van der Waals surface area contributed by atoms with Crippen molar-refractivity contribution in [2.45, 2.75) is 0 Å². The van der Waals surface area contributed by atoms with E-state index in [-0.39, 0.29) is 11.5 Å². The Bertz CT molecular complexity index is 2150. The number of phenols is 2. The Kier molecular flexibility index (Phi) is 5.48. The van der Waals surface area contributed by atoms with Crippen LogP contribution in [0, 0.1) is 0 Å². The van der Waals surface area contributed by atoms with Crippen LogP contribution < -0.4 is 0 Å². The highest BCUT2D eigenvalue weighted by Crippen LogP contribution is 2.44. The molecule has 0 amide bonds. The van der Waals surface area contributed by atoms with Crippen LogP contribution in [0.5, 0.6) is 11.5 Å². The second-order valence-corrected chi connectivity index (χ2v) is 10.8. The average Bonchev–Trinajstić information content (AvgIpc) is 3.04. The van der Waals surface area contributed by atoms with Gasteiger partial charge in [0.05, 0.1) is 0 Å². The third kappa shape index (κ3) is 3.81. The summed E-state index contributed by atoms with van der Waals surface area (Å²) in [6, 6.07) is 49.6.